The van der Waals surface area contributed by atoms with Gasteiger partial charge in [-0.2, -0.15) is 0 Å². The lowest BCUT2D eigenvalue weighted by molar-refractivity contribution is -0.139. The summed E-state index contributed by atoms with van der Waals surface area (Å²) in [5.41, 5.74) is 3.29. The molecule has 3 N–H and O–H groups in total. The maximum absolute atomic E-state index is 13.9. The van der Waals surface area contributed by atoms with Crippen LogP contribution in [0.1, 0.15) is 37.8 Å². The molecule has 3 fully saturated rings. The molecule has 0 radical (unpaired) electrons. The van der Waals surface area contributed by atoms with E-state index in [1.54, 1.807) is 36.0 Å². The van der Waals surface area contributed by atoms with Crippen molar-refractivity contribution in [2.45, 2.75) is 56.1 Å². The largest absolute Gasteiger partial charge is 0.494 e. The minimum Gasteiger partial charge on any atom is -0.494 e. The molecule has 3 saturated heterocycles. The number of aliphatic hydroxyl groups is 1. The fraction of sp³-hybridized carbons (Fsp3) is 0.483. The third-order valence-corrected chi connectivity index (χ3v) is 10.2. The Labute approximate surface area is 227 Å². The van der Waals surface area contributed by atoms with Crippen LogP contribution >= 0.6 is 11.8 Å². The summed E-state index contributed by atoms with van der Waals surface area (Å²) in [6.07, 6.45) is 1.38. The molecule has 3 amide bonds. The molecule has 2 unspecified atom stereocenters. The average Bonchev–Trinajstić information content (AvgIpc) is 3.44. The number of ether oxygens (including phenoxy) is 1. The number of likely N-dealkylation sites (tertiary alicyclic amines) is 1. The zero-order valence-corrected chi connectivity index (χ0v) is 23.1. The van der Waals surface area contributed by atoms with Crippen molar-refractivity contribution in [3.63, 3.8) is 0 Å². The molecule has 5 rings (SSSR count). The summed E-state index contributed by atoms with van der Waals surface area (Å²) in [5, 5.41) is 15.9. The molecule has 3 aliphatic rings. The molecule has 1 spiro atoms. The van der Waals surface area contributed by atoms with Crippen molar-refractivity contribution in [2.75, 3.05) is 30.4 Å². The highest BCUT2D eigenvalue weighted by molar-refractivity contribution is 8.02. The highest BCUT2D eigenvalue weighted by Crippen LogP contribution is 2.71. The van der Waals surface area contributed by atoms with Gasteiger partial charge >= 0.3 is 0 Å². The maximum Gasteiger partial charge on any atom is 0.248 e. The fourth-order valence-electron chi connectivity index (χ4n) is 6.57. The number of carbonyl (C=O) groups is 3. The molecule has 2 bridgehead atoms. The van der Waals surface area contributed by atoms with Gasteiger partial charge in [0.1, 0.15) is 11.8 Å². The molecule has 2 aromatic rings. The third-order valence-electron chi connectivity index (χ3n) is 8.23. The summed E-state index contributed by atoms with van der Waals surface area (Å²) in [6, 6.07) is 12.3. The van der Waals surface area contributed by atoms with Gasteiger partial charge in [-0.05, 0) is 82.0 Å². The van der Waals surface area contributed by atoms with Crippen molar-refractivity contribution >= 4 is 40.9 Å². The van der Waals surface area contributed by atoms with Gasteiger partial charge in [0.05, 0.1) is 29.8 Å². The minimum absolute atomic E-state index is 0.0481. The molecule has 9 heteroatoms. The van der Waals surface area contributed by atoms with Gasteiger partial charge < -0.3 is 25.4 Å². The minimum atomic E-state index is -0.776. The standard InChI is InChI=1S/C29H35N3O5S/c1-5-37-20-10-8-19(9-11-20)30-25(34)22-23-27(36)32(14-15-33)24(29(23)13-12-28(22,4)38-29)26(35)31-21-16-17(2)6-7-18(21)3/h6-11,16,22-24,33H,5,12-15H2,1-4H3,(H,30,34)(H,31,35)/t22-,23-,24?,28+,29?/m0/s1. The number of thioether (sulfide) groups is 1. The number of β-amino-alcohol motifs (C(OH)–C–C–N with tert-alkyl or cyclic N) is 1. The van der Waals surface area contributed by atoms with Gasteiger partial charge in [0.25, 0.3) is 0 Å². The lowest BCUT2D eigenvalue weighted by Crippen LogP contribution is -2.52. The Morgan fingerprint density at radius 1 is 1.11 bits per heavy atom. The van der Waals surface area contributed by atoms with Gasteiger partial charge in [-0.25, -0.2) is 0 Å². The van der Waals surface area contributed by atoms with E-state index in [4.69, 9.17) is 4.74 Å². The Bertz CT molecular complexity index is 1270. The smallest absolute Gasteiger partial charge is 0.248 e. The SMILES string of the molecule is CCOc1ccc(NC(=O)[C@@H]2[C@H]3C(=O)N(CCO)C(C(=O)Nc4cc(C)ccc4C)C34CC[C@@]2(C)S4)cc1. The van der Waals surface area contributed by atoms with Crippen LogP contribution in [-0.4, -0.2) is 63.0 Å². The molecule has 8 nitrogen and oxygen atoms in total. The summed E-state index contributed by atoms with van der Waals surface area (Å²) in [4.78, 5) is 43.0. The van der Waals surface area contributed by atoms with Gasteiger partial charge in [0.15, 0.2) is 0 Å². The van der Waals surface area contributed by atoms with Gasteiger partial charge in [0.2, 0.25) is 17.7 Å². The van der Waals surface area contributed by atoms with E-state index in [0.29, 0.717) is 24.4 Å². The first kappa shape index (κ1) is 26.6. The molecule has 0 aromatic heterocycles. The third kappa shape index (κ3) is 4.25. The number of aliphatic hydroxyl groups excluding tert-OH is 1. The van der Waals surface area contributed by atoms with E-state index in [-0.39, 0.29) is 30.9 Å². The highest BCUT2D eigenvalue weighted by atomic mass is 32.2. The Morgan fingerprint density at radius 3 is 2.53 bits per heavy atom. The summed E-state index contributed by atoms with van der Waals surface area (Å²) < 4.78 is 4.29. The lowest BCUT2D eigenvalue weighted by Gasteiger charge is -2.35. The van der Waals surface area contributed by atoms with Crippen molar-refractivity contribution in [1.82, 2.24) is 4.90 Å². The highest BCUT2D eigenvalue weighted by Gasteiger charge is 2.77. The lowest BCUT2D eigenvalue weighted by atomic mass is 9.66. The quantitative estimate of drug-likeness (QED) is 0.473. The first-order chi connectivity index (χ1) is 18.1. The van der Waals surface area contributed by atoms with Gasteiger partial charge in [0, 0.05) is 22.7 Å². The number of anilines is 2. The number of hydrogen-bond donors (Lipinski definition) is 3. The Hall–Kier alpha value is -3.04. The summed E-state index contributed by atoms with van der Waals surface area (Å²) in [5.74, 6) is -1.25. The molecule has 0 saturated carbocycles. The Morgan fingerprint density at radius 2 is 1.84 bits per heavy atom. The van der Waals surface area contributed by atoms with Crippen LogP contribution in [0.4, 0.5) is 11.4 Å². The van der Waals surface area contributed by atoms with E-state index < -0.39 is 27.4 Å². The van der Waals surface area contributed by atoms with Crippen LogP contribution in [0.5, 0.6) is 5.75 Å². The van der Waals surface area contributed by atoms with Crippen LogP contribution in [0.25, 0.3) is 0 Å². The van der Waals surface area contributed by atoms with Crippen LogP contribution in [0.15, 0.2) is 42.5 Å². The van der Waals surface area contributed by atoms with E-state index in [9.17, 15) is 19.5 Å². The zero-order valence-electron chi connectivity index (χ0n) is 22.2. The number of benzene rings is 2. The maximum atomic E-state index is 13.9. The van der Waals surface area contributed by atoms with Gasteiger partial charge in [-0.15, -0.1) is 11.8 Å². The average molecular weight is 538 g/mol. The van der Waals surface area contributed by atoms with E-state index in [2.05, 4.69) is 10.6 Å². The van der Waals surface area contributed by atoms with Crippen LogP contribution in [0, 0.1) is 25.7 Å². The second kappa shape index (κ2) is 9.93. The number of amides is 3. The van der Waals surface area contributed by atoms with Crippen LogP contribution < -0.4 is 15.4 Å². The fourth-order valence-corrected chi connectivity index (χ4v) is 8.92. The Balaban J connectivity index is 1.45. The first-order valence-corrected chi connectivity index (χ1v) is 14.0. The number of aryl methyl sites for hydroxylation is 2. The van der Waals surface area contributed by atoms with E-state index in [1.807, 2.05) is 45.9 Å². The summed E-state index contributed by atoms with van der Waals surface area (Å²) in [6.45, 7) is 8.18. The van der Waals surface area contributed by atoms with Gasteiger partial charge in [-0.3, -0.25) is 14.4 Å². The van der Waals surface area contributed by atoms with Crippen molar-refractivity contribution in [1.29, 1.82) is 0 Å². The number of hydrogen-bond acceptors (Lipinski definition) is 6. The molecular formula is C29H35N3O5S. The molecule has 2 aromatic carbocycles. The van der Waals surface area contributed by atoms with Crippen molar-refractivity contribution in [3.05, 3.63) is 53.6 Å². The number of nitrogens with one attached hydrogen (secondary N) is 2. The molecule has 202 valence electrons. The molecule has 38 heavy (non-hydrogen) atoms. The zero-order chi connectivity index (χ0) is 27.2. The number of nitrogens with zero attached hydrogens (tertiary/aromatic N) is 1. The first-order valence-electron chi connectivity index (χ1n) is 13.2. The number of fused-ring (bicyclic) bond motifs is 1. The number of rotatable bonds is 8. The molecule has 3 aliphatic heterocycles. The molecule has 3 heterocycles. The monoisotopic (exact) mass is 537 g/mol. The molecular weight excluding hydrogens is 502 g/mol. The predicted octanol–water partition coefficient (Wildman–Crippen LogP) is 3.75. The van der Waals surface area contributed by atoms with Crippen LogP contribution in [0.2, 0.25) is 0 Å². The summed E-state index contributed by atoms with van der Waals surface area (Å²) in [7, 11) is 0. The summed E-state index contributed by atoms with van der Waals surface area (Å²) >= 11 is 1.61. The van der Waals surface area contributed by atoms with Crippen molar-refractivity contribution in [2.24, 2.45) is 11.8 Å². The predicted molar refractivity (Wildman–Crippen MR) is 148 cm³/mol. The number of carbonyl (C=O) groups excluding carboxylic acids is 3. The van der Waals surface area contributed by atoms with Crippen molar-refractivity contribution < 1.29 is 24.2 Å². The van der Waals surface area contributed by atoms with Crippen LogP contribution in [-0.2, 0) is 14.4 Å². The molecule has 0 aliphatic carbocycles. The van der Waals surface area contributed by atoms with E-state index in [1.165, 1.54) is 4.90 Å². The molecule has 5 atom stereocenters. The van der Waals surface area contributed by atoms with Crippen molar-refractivity contribution in [3.8, 4) is 5.75 Å². The normalized spacial score (nSPS) is 29.3. The van der Waals surface area contributed by atoms with Gasteiger partial charge in [-0.1, -0.05) is 12.1 Å². The van der Waals surface area contributed by atoms with E-state index in [0.717, 1.165) is 23.3 Å². The van der Waals surface area contributed by atoms with Crippen LogP contribution in [0.3, 0.4) is 0 Å². The second-order valence-corrected chi connectivity index (χ2v) is 12.6. The second-order valence-electron chi connectivity index (χ2n) is 10.7. The topological polar surface area (TPSA) is 108 Å². The Kier molecular flexibility index (Phi) is 6.94. The van der Waals surface area contributed by atoms with E-state index >= 15 is 0 Å².